The van der Waals surface area contributed by atoms with E-state index in [1.54, 1.807) is 12.1 Å². The van der Waals surface area contributed by atoms with Gasteiger partial charge in [0.15, 0.2) is 0 Å². The third kappa shape index (κ3) is 5.84. The molecule has 1 aliphatic carbocycles. The fraction of sp³-hybridized carbons (Fsp3) is 0.650. The van der Waals surface area contributed by atoms with Gasteiger partial charge in [-0.3, -0.25) is 14.4 Å². The van der Waals surface area contributed by atoms with E-state index in [1.165, 1.54) is 25.7 Å². The number of likely N-dealkylation sites (tertiary alicyclic amines) is 1. The highest BCUT2D eigenvalue weighted by atomic mass is 35.5. The molecule has 2 atom stereocenters. The van der Waals surface area contributed by atoms with Crippen molar-refractivity contribution < 1.29 is 13.2 Å². The molecular formula is C20H32ClN3O3S. The van der Waals surface area contributed by atoms with E-state index in [0.717, 1.165) is 32.2 Å². The van der Waals surface area contributed by atoms with Gasteiger partial charge in [0.1, 0.15) is 0 Å². The zero-order chi connectivity index (χ0) is 19.4. The molecule has 28 heavy (non-hydrogen) atoms. The van der Waals surface area contributed by atoms with Crippen molar-refractivity contribution in [2.45, 2.75) is 57.0 Å². The van der Waals surface area contributed by atoms with E-state index in [4.69, 9.17) is 0 Å². The summed E-state index contributed by atoms with van der Waals surface area (Å²) in [6.07, 6.45) is 8.45. The summed E-state index contributed by atoms with van der Waals surface area (Å²) >= 11 is 0. The fourth-order valence-electron chi connectivity index (χ4n) is 4.49. The zero-order valence-corrected chi connectivity index (χ0v) is 18.4. The molecule has 0 radical (unpaired) electrons. The maximum atomic E-state index is 13.0. The van der Waals surface area contributed by atoms with Gasteiger partial charge in [-0.15, -0.1) is 12.4 Å². The molecule has 1 aromatic carbocycles. The van der Waals surface area contributed by atoms with Crippen molar-refractivity contribution in [1.82, 2.24) is 9.80 Å². The summed E-state index contributed by atoms with van der Waals surface area (Å²) < 4.78 is 25.7. The molecule has 1 heterocycles. The number of anilines is 1. The van der Waals surface area contributed by atoms with Crippen LogP contribution in [0.25, 0.3) is 0 Å². The summed E-state index contributed by atoms with van der Waals surface area (Å²) in [6.45, 7) is 2.29. The quantitative estimate of drug-likeness (QED) is 0.754. The summed E-state index contributed by atoms with van der Waals surface area (Å²) in [5.74, 6) is 0.0499. The van der Waals surface area contributed by atoms with Gasteiger partial charge >= 0.3 is 0 Å². The lowest BCUT2D eigenvalue weighted by Gasteiger charge is -2.42. The van der Waals surface area contributed by atoms with E-state index in [0.29, 0.717) is 17.3 Å². The molecule has 2 fully saturated rings. The SMILES string of the molecule is CN(C(=O)Cc1ccccc1NS(C)(=O)=O)[C@@H]1CCCC[C@H]1N1CCCC1.Cl. The van der Waals surface area contributed by atoms with Crippen LogP contribution in [0.1, 0.15) is 44.1 Å². The van der Waals surface area contributed by atoms with Crippen LogP contribution in [0, 0.1) is 0 Å². The Balaban J connectivity index is 0.00000280. The van der Waals surface area contributed by atoms with E-state index in [2.05, 4.69) is 9.62 Å². The van der Waals surface area contributed by atoms with Crippen molar-refractivity contribution in [2.75, 3.05) is 31.1 Å². The molecule has 1 aliphatic heterocycles. The number of benzene rings is 1. The number of nitrogens with zero attached hydrogens (tertiary/aromatic N) is 2. The van der Waals surface area contributed by atoms with Crippen LogP contribution in [0.15, 0.2) is 24.3 Å². The second kappa shape index (κ2) is 9.94. The van der Waals surface area contributed by atoms with Crippen molar-refractivity contribution >= 4 is 34.0 Å². The number of hydrogen-bond acceptors (Lipinski definition) is 4. The zero-order valence-electron chi connectivity index (χ0n) is 16.8. The third-order valence-electron chi connectivity index (χ3n) is 5.85. The molecular weight excluding hydrogens is 398 g/mol. The molecule has 0 unspecified atom stereocenters. The van der Waals surface area contributed by atoms with Gasteiger partial charge in [0.2, 0.25) is 15.9 Å². The number of likely N-dealkylation sites (N-methyl/N-ethyl adjacent to an activating group) is 1. The Bertz CT molecular complexity index is 766. The van der Waals surface area contributed by atoms with Crippen molar-refractivity contribution in [3.05, 3.63) is 29.8 Å². The summed E-state index contributed by atoms with van der Waals surface area (Å²) in [5.41, 5.74) is 1.20. The molecule has 1 saturated carbocycles. The lowest BCUT2D eigenvalue weighted by molar-refractivity contribution is -0.133. The Morgan fingerprint density at radius 3 is 2.46 bits per heavy atom. The average molecular weight is 430 g/mol. The predicted octanol–water partition coefficient (Wildman–Crippen LogP) is 2.89. The van der Waals surface area contributed by atoms with Crippen LogP contribution < -0.4 is 4.72 Å². The number of amides is 1. The summed E-state index contributed by atoms with van der Waals surface area (Å²) in [6, 6.07) is 7.84. The Morgan fingerprint density at radius 1 is 1.14 bits per heavy atom. The number of sulfonamides is 1. The molecule has 1 aromatic rings. The smallest absolute Gasteiger partial charge is 0.229 e. The first-order valence-electron chi connectivity index (χ1n) is 9.90. The minimum atomic E-state index is -3.38. The molecule has 0 bridgehead atoms. The highest BCUT2D eigenvalue weighted by Crippen LogP contribution is 2.29. The van der Waals surface area contributed by atoms with Crippen LogP contribution in [0.5, 0.6) is 0 Å². The Kier molecular flexibility index (Phi) is 8.16. The molecule has 0 spiro atoms. The van der Waals surface area contributed by atoms with Gasteiger partial charge in [-0.05, 0) is 50.4 Å². The van der Waals surface area contributed by atoms with Crippen molar-refractivity contribution in [1.29, 1.82) is 0 Å². The summed E-state index contributed by atoms with van der Waals surface area (Å²) in [5, 5.41) is 0. The first-order valence-corrected chi connectivity index (χ1v) is 11.8. The van der Waals surface area contributed by atoms with Crippen LogP contribution >= 0.6 is 12.4 Å². The van der Waals surface area contributed by atoms with Crippen LogP contribution in [0.4, 0.5) is 5.69 Å². The number of carbonyl (C=O) groups excluding carboxylic acids is 1. The number of nitrogens with one attached hydrogen (secondary N) is 1. The normalized spacial score (nSPS) is 23.1. The Morgan fingerprint density at radius 2 is 1.79 bits per heavy atom. The van der Waals surface area contributed by atoms with Gasteiger partial charge in [-0.1, -0.05) is 31.0 Å². The molecule has 3 rings (SSSR count). The van der Waals surface area contributed by atoms with E-state index < -0.39 is 10.0 Å². The van der Waals surface area contributed by atoms with Crippen LogP contribution in [-0.2, 0) is 21.2 Å². The molecule has 1 saturated heterocycles. The standard InChI is InChI=1S/C20H31N3O3S.ClH/c1-22(18-11-5-6-12-19(18)23-13-7-8-14-23)20(24)15-16-9-3-4-10-17(16)21-27(2,25)26;/h3-4,9-10,18-19,21H,5-8,11-15H2,1-2H3;1H/t18-,19-;/m1./s1. The summed E-state index contributed by atoms with van der Waals surface area (Å²) in [4.78, 5) is 17.5. The second-order valence-corrected chi connectivity index (χ2v) is 9.62. The lowest BCUT2D eigenvalue weighted by Crippen LogP contribution is -2.53. The van der Waals surface area contributed by atoms with Crippen molar-refractivity contribution in [3.63, 3.8) is 0 Å². The van der Waals surface area contributed by atoms with Crippen molar-refractivity contribution in [2.24, 2.45) is 0 Å². The fourth-order valence-corrected chi connectivity index (χ4v) is 5.09. The Labute approximate surface area is 175 Å². The molecule has 0 aromatic heterocycles. The highest BCUT2D eigenvalue weighted by molar-refractivity contribution is 7.92. The summed E-state index contributed by atoms with van der Waals surface area (Å²) in [7, 11) is -1.47. The minimum Gasteiger partial charge on any atom is -0.341 e. The largest absolute Gasteiger partial charge is 0.341 e. The topological polar surface area (TPSA) is 69.7 Å². The maximum absolute atomic E-state index is 13.0. The average Bonchev–Trinajstić information content (AvgIpc) is 3.16. The van der Waals surface area contributed by atoms with E-state index in [9.17, 15) is 13.2 Å². The van der Waals surface area contributed by atoms with Gasteiger partial charge in [0, 0.05) is 19.1 Å². The van der Waals surface area contributed by atoms with Crippen molar-refractivity contribution in [3.8, 4) is 0 Å². The monoisotopic (exact) mass is 429 g/mol. The van der Waals surface area contributed by atoms with Crippen LogP contribution in [0.2, 0.25) is 0 Å². The lowest BCUT2D eigenvalue weighted by atomic mass is 9.88. The maximum Gasteiger partial charge on any atom is 0.229 e. The molecule has 1 amide bonds. The number of para-hydroxylation sites is 1. The van der Waals surface area contributed by atoms with Crippen LogP contribution in [-0.4, -0.2) is 62.6 Å². The third-order valence-corrected chi connectivity index (χ3v) is 6.44. The van der Waals surface area contributed by atoms with Gasteiger partial charge < -0.3 is 4.90 Å². The van der Waals surface area contributed by atoms with E-state index >= 15 is 0 Å². The van der Waals surface area contributed by atoms with Gasteiger partial charge in [0.25, 0.3) is 0 Å². The van der Waals surface area contributed by atoms with Gasteiger partial charge in [-0.2, -0.15) is 0 Å². The van der Waals surface area contributed by atoms with Crippen LogP contribution in [0.3, 0.4) is 0 Å². The predicted molar refractivity (Wildman–Crippen MR) is 115 cm³/mol. The second-order valence-electron chi connectivity index (χ2n) is 7.88. The number of halogens is 1. The minimum absolute atomic E-state index is 0. The highest BCUT2D eigenvalue weighted by Gasteiger charge is 2.35. The first kappa shape index (κ1) is 23.0. The van der Waals surface area contributed by atoms with E-state index in [1.807, 2.05) is 24.1 Å². The molecule has 6 nitrogen and oxygen atoms in total. The first-order chi connectivity index (χ1) is 12.8. The molecule has 1 N–H and O–H groups in total. The number of rotatable bonds is 6. The number of hydrogen-bond donors (Lipinski definition) is 1. The van der Waals surface area contributed by atoms with Gasteiger partial charge in [0.05, 0.1) is 18.4 Å². The van der Waals surface area contributed by atoms with E-state index in [-0.39, 0.29) is 30.8 Å². The molecule has 8 heteroatoms. The molecule has 158 valence electrons. The molecule has 2 aliphatic rings. The van der Waals surface area contributed by atoms with Gasteiger partial charge in [-0.25, -0.2) is 8.42 Å². The number of carbonyl (C=O) groups is 1. The Hall–Kier alpha value is -1.31.